The van der Waals surface area contributed by atoms with Gasteiger partial charge in [-0.15, -0.1) is 0 Å². The molecule has 3 amide bonds. The van der Waals surface area contributed by atoms with Gasteiger partial charge in [-0.25, -0.2) is 4.79 Å². The molecule has 120 valence electrons. The molecule has 1 atom stereocenters. The van der Waals surface area contributed by atoms with E-state index in [-0.39, 0.29) is 18.0 Å². The zero-order chi connectivity index (χ0) is 15.1. The molecular weight excluding hydrogens is 278 g/mol. The van der Waals surface area contributed by atoms with Gasteiger partial charge in [0.25, 0.3) is 0 Å². The predicted octanol–water partition coefficient (Wildman–Crippen LogP) is 1.75. The van der Waals surface area contributed by atoms with Crippen LogP contribution in [0.15, 0.2) is 11.6 Å². The van der Waals surface area contributed by atoms with Gasteiger partial charge < -0.3 is 15.1 Å². The molecule has 4 rings (SSSR count). The van der Waals surface area contributed by atoms with Gasteiger partial charge in [-0.2, -0.15) is 0 Å². The van der Waals surface area contributed by atoms with E-state index in [9.17, 15) is 9.59 Å². The molecule has 0 aromatic heterocycles. The molecular formula is C17H25N3O2. The lowest BCUT2D eigenvalue weighted by Crippen LogP contribution is -2.50. The number of hydrogen-bond donors (Lipinski definition) is 1. The van der Waals surface area contributed by atoms with E-state index in [1.807, 2.05) is 15.9 Å². The highest BCUT2D eigenvalue weighted by Crippen LogP contribution is 2.48. The lowest BCUT2D eigenvalue weighted by Gasteiger charge is -2.36. The zero-order valence-corrected chi connectivity index (χ0v) is 13.1. The Kier molecular flexibility index (Phi) is 3.59. The van der Waals surface area contributed by atoms with Crippen LogP contribution in [0, 0.1) is 11.8 Å². The van der Waals surface area contributed by atoms with Crippen molar-refractivity contribution in [3.8, 4) is 0 Å². The second kappa shape index (κ2) is 5.60. The molecule has 0 spiro atoms. The summed E-state index contributed by atoms with van der Waals surface area (Å²) in [6.07, 6.45) is 9.04. The molecule has 0 aromatic rings. The molecule has 2 aliphatic heterocycles. The predicted molar refractivity (Wildman–Crippen MR) is 83.2 cm³/mol. The molecule has 5 heteroatoms. The first-order valence-corrected chi connectivity index (χ1v) is 8.77. The van der Waals surface area contributed by atoms with E-state index < -0.39 is 0 Å². The number of carbonyl (C=O) groups excluding carboxylic acids is 2. The van der Waals surface area contributed by atoms with Crippen molar-refractivity contribution < 1.29 is 9.59 Å². The molecule has 4 aliphatic rings. The maximum Gasteiger partial charge on any atom is 0.317 e. The molecule has 2 heterocycles. The highest BCUT2D eigenvalue weighted by Gasteiger charge is 2.38. The highest BCUT2D eigenvalue weighted by molar-refractivity contribution is 5.89. The van der Waals surface area contributed by atoms with Crippen molar-refractivity contribution in [2.75, 3.05) is 26.2 Å². The number of nitrogens with zero attached hydrogens (tertiary/aromatic N) is 2. The summed E-state index contributed by atoms with van der Waals surface area (Å²) in [5.74, 6) is 1.57. The van der Waals surface area contributed by atoms with Crippen LogP contribution in [0.4, 0.5) is 4.79 Å². The number of allylic oxidation sites excluding steroid dienone is 1. The van der Waals surface area contributed by atoms with Gasteiger partial charge in [0.15, 0.2) is 0 Å². The lowest BCUT2D eigenvalue weighted by molar-refractivity contribution is -0.127. The molecule has 1 N–H and O–H groups in total. The number of amides is 3. The summed E-state index contributed by atoms with van der Waals surface area (Å²) in [5, 5.41) is 2.86. The van der Waals surface area contributed by atoms with Crippen molar-refractivity contribution >= 4 is 11.9 Å². The van der Waals surface area contributed by atoms with Crippen LogP contribution in [0.2, 0.25) is 0 Å². The summed E-state index contributed by atoms with van der Waals surface area (Å²) in [7, 11) is 0. The third-order valence-electron chi connectivity index (χ3n) is 5.43. The number of rotatable bonds is 4. The average Bonchev–Trinajstić information content (AvgIpc) is 3.44. The van der Waals surface area contributed by atoms with Gasteiger partial charge >= 0.3 is 6.03 Å². The van der Waals surface area contributed by atoms with Crippen molar-refractivity contribution in [3.63, 3.8) is 0 Å². The number of urea groups is 1. The minimum Gasteiger partial charge on any atom is -0.337 e. The second-order valence-corrected chi connectivity index (χ2v) is 7.20. The largest absolute Gasteiger partial charge is 0.337 e. The number of piperidine rings is 1. The maximum absolute atomic E-state index is 12.6. The first-order chi connectivity index (χ1) is 10.7. The van der Waals surface area contributed by atoms with Crippen LogP contribution in [-0.2, 0) is 4.79 Å². The first kappa shape index (κ1) is 14.1. The van der Waals surface area contributed by atoms with Crippen LogP contribution in [-0.4, -0.2) is 54.0 Å². The van der Waals surface area contributed by atoms with Gasteiger partial charge in [0, 0.05) is 32.3 Å². The molecule has 2 aliphatic carbocycles. The SMILES string of the molecule is O=C(C=C(C1CC1)C1CC1)N1CCCC(N2CCNC2=O)C1. The smallest absolute Gasteiger partial charge is 0.317 e. The number of hydrogen-bond acceptors (Lipinski definition) is 2. The van der Waals surface area contributed by atoms with Crippen molar-refractivity contribution in [2.24, 2.45) is 11.8 Å². The van der Waals surface area contributed by atoms with Crippen LogP contribution in [0.25, 0.3) is 0 Å². The van der Waals surface area contributed by atoms with Crippen LogP contribution in [0.3, 0.4) is 0 Å². The monoisotopic (exact) mass is 303 g/mol. The Morgan fingerprint density at radius 3 is 2.41 bits per heavy atom. The molecule has 4 fully saturated rings. The molecule has 1 unspecified atom stereocenters. The van der Waals surface area contributed by atoms with E-state index in [2.05, 4.69) is 5.32 Å². The van der Waals surface area contributed by atoms with Crippen molar-refractivity contribution in [1.29, 1.82) is 0 Å². The summed E-state index contributed by atoms with van der Waals surface area (Å²) >= 11 is 0. The molecule has 2 saturated carbocycles. The average molecular weight is 303 g/mol. The highest BCUT2D eigenvalue weighted by atomic mass is 16.2. The zero-order valence-electron chi connectivity index (χ0n) is 13.1. The normalized spacial score (nSPS) is 28.5. The summed E-state index contributed by atoms with van der Waals surface area (Å²) in [4.78, 5) is 28.3. The number of carbonyl (C=O) groups is 2. The minimum absolute atomic E-state index is 0.0338. The molecule has 22 heavy (non-hydrogen) atoms. The number of likely N-dealkylation sites (tertiary alicyclic amines) is 1. The van der Waals surface area contributed by atoms with Crippen LogP contribution in [0.1, 0.15) is 38.5 Å². The summed E-state index contributed by atoms with van der Waals surface area (Å²) in [6.45, 7) is 3.04. The Morgan fingerprint density at radius 2 is 1.82 bits per heavy atom. The van der Waals surface area contributed by atoms with E-state index in [4.69, 9.17) is 0 Å². The Bertz CT molecular complexity index is 494. The van der Waals surface area contributed by atoms with E-state index in [0.29, 0.717) is 18.4 Å². The van der Waals surface area contributed by atoms with Crippen molar-refractivity contribution in [1.82, 2.24) is 15.1 Å². The topological polar surface area (TPSA) is 52.7 Å². The molecule has 2 saturated heterocycles. The third kappa shape index (κ3) is 2.85. The Morgan fingerprint density at radius 1 is 1.09 bits per heavy atom. The Labute approximate surface area is 131 Å². The fourth-order valence-corrected chi connectivity index (χ4v) is 3.88. The van der Waals surface area contributed by atoms with Gasteiger partial charge in [0.1, 0.15) is 0 Å². The van der Waals surface area contributed by atoms with E-state index >= 15 is 0 Å². The molecule has 0 bridgehead atoms. The quantitative estimate of drug-likeness (QED) is 0.805. The standard InChI is InChI=1S/C17H25N3O2/c21-16(10-15(12-3-4-12)13-5-6-13)19-8-1-2-14(11-19)20-9-7-18-17(20)22/h10,12-14H,1-9,11H2,(H,18,22). The fourth-order valence-electron chi connectivity index (χ4n) is 3.88. The van der Waals surface area contributed by atoms with E-state index in [0.717, 1.165) is 32.5 Å². The summed E-state index contributed by atoms with van der Waals surface area (Å²) in [6, 6.07) is 0.227. The molecule has 0 radical (unpaired) electrons. The first-order valence-electron chi connectivity index (χ1n) is 8.77. The van der Waals surface area contributed by atoms with Gasteiger partial charge in [0.05, 0.1) is 6.04 Å². The van der Waals surface area contributed by atoms with Crippen molar-refractivity contribution in [3.05, 3.63) is 11.6 Å². The minimum atomic E-state index is 0.0338. The van der Waals surface area contributed by atoms with Crippen LogP contribution in [0.5, 0.6) is 0 Å². The Hall–Kier alpha value is -1.52. The van der Waals surface area contributed by atoms with Gasteiger partial charge in [-0.05, 0) is 50.4 Å². The Balaban J connectivity index is 1.42. The summed E-state index contributed by atoms with van der Waals surface area (Å²) in [5.41, 5.74) is 1.42. The van der Waals surface area contributed by atoms with Gasteiger partial charge in [-0.1, -0.05) is 5.57 Å². The van der Waals surface area contributed by atoms with Crippen molar-refractivity contribution in [2.45, 2.75) is 44.6 Å². The molecule has 0 aromatic carbocycles. The maximum atomic E-state index is 12.6. The van der Waals surface area contributed by atoms with Crippen LogP contribution < -0.4 is 5.32 Å². The second-order valence-electron chi connectivity index (χ2n) is 7.20. The van der Waals surface area contributed by atoms with E-state index in [1.165, 1.54) is 31.3 Å². The van der Waals surface area contributed by atoms with Gasteiger partial charge in [0.2, 0.25) is 5.91 Å². The molecule has 5 nitrogen and oxygen atoms in total. The lowest BCUT2D eigenvalue weighted by atomic mass is 10.0. The third-order valence-corrected chi connectivity index (χ3v) is 5.43. The summed E-state index contributed by atoms with van der Waals surface area (Å²) < 4.78 is 0. The van der Waals surface area contributed by atoms with Gasteiger partial charge in [-0.3, -0.25) is 4.79 Å². The van der Waals surface area contributed by atoms with Crippen LogP contribution >= 0.6 is 0 Å². The number of nitrogens with one attached hydrogen (secondary N) is 1. The van der Waals surface area contributed by atoms with E-state index in [1.54, 1.807) is 0 Å². The fraction of sp³-hybridized carbons (Fsp3) is 0.765.